The van der Waals surface area contributed by atoms with E-state index in [1.54, 1.807) is 19.1 Å². The van der Waals surface area contributed by atoms with Gasteiger partial charge in [0.1, 0.15) is 12.6 Å². The predicted molar refractivity (Wildman–Crippen MR) is 99.8 cm³/mol. The number of rotatable bonds is 3. The number of aryl methyl sites for hydroxylation is 3. The number of halogens is 1. The molecule has 126 valence electrons. The van der Waals surface area contributed by atoms with E-state index in [1.807, 2.05) is 51.0 Å². The topological polar surface area (TPSA) is 69.1 Å². The van der Waals surface area contributed by atoms with Gasteiger partial charge in [-0.1, -0.05) is 18.2 Å². The van der Waals surface area contributed by atoms with Crippen LogP contribution in [-0.2, 0) is 4.79 Å². The van der Waals surface area contributed by atoms with Crippen molar-refractivity contribution in [2.75, 3.05) is 5.73 Å². The first kappa shape index (κ1) is 19.2. The molecule has 0 fully saturated rings. The number of anilines is 1. The highest BCUT2D eigenvalue weighted by molar-refractivity contribution is 5.70. The molecule has 0 saturated carbocycles. The first-order valence-corrected chi connectivity index (χ1v) is 7.44. The van der Waals surface area contributed by atoms with Crippen molar-refractivity contribution in [3.05, 3.63) is 76.1 Å². The third-order valence-electron chi connectivity index (χ3n) is 3.67. The maximum absolute atomic E-state index is 13.2. The molecule has 24 heavy (non-hydrogen) atoms. The highest BCUT2D eigenvalue weighted by Crippen LogP contribution is 2.21. The molecule has 0 heterocycles. The van der Waals surface area contributed by atoms with Gasteiger partial charge in [0, 0.05) is 11.4 Å². The lowest BCUT2D eigenvalue weighted by atomic mass is 10.0. The van der Waals surface area contributed by atoms with Gasteiger partial charge in [0.2, 0.25) is 0 Å². The average molecular weight is 326 g/mol. The molecule has 0 aliphatic carbocycles. The number of hydrogen-bond acceptors (Lipinski definition) is 3. The van der Waals surface area contributed by atoms with Gasteiger partial charge in [-0.2, -0.15) is 0 Å². The monoisotopic (exact) mass is 326 g/mol. The Bertz CT molecular complexity index is 756. The standard InChI is InChI=1S/C19H21FN2.CH2O/c1-12-9-15(7-8-17(12)20)5-4-6-18(21)16-10-13(2)19(22)14(3)11-16;1-2/h4-11H,21-22H2,1-3H3;1H2/b5-4-,18-6-;. The molecule has 0 atom stereocenters. The Kier molecular flexibility index (Phi) is 6.93. The molecule has 0 spiro atoms. The Hall–Kier alpha value is -2.88. The van der Waals surface area contributed by atoms with Gasteiger partial charge in [0.25, 0.3) is 0 Å². The number of carbonyl (C=O) groups is 1. The number of nitrogens with two attached hydrogens (primary N) is 2. The molecule has 4 heteroatoms. The summed E-state index contributed by atoms with van der Waals surface area (Å²) in [4.78, 5) is 8.00. The van der Waals surface area contributed by atoms with Crippen LogP contribution in [0.5, 0.6) is 0 Å². The zero-order chi connectivity index (χ0) is 18.3. The molecule has 0 aliphatic rings. The minimum absolute atomic E-state index is 0.194. The van der Waals surface area contributed by atoms with Crippen molar-refractivity contribution in [3.63, 3.8) is 0 Å². The van der Waals surface area contributed by atoms with Crippen LogP contribution in [-0.4, -0.2) is 6.79 Å². The lowest BCUT2D eigenvalue weighted by molar-refractivity contribution is -0.0979. The van der Waals surface area contributed by atoms with Crippen molar-refractivity contribution in [3.8, 4) is 0 Å². The molecular weight excluding hydrogens is 303 g/mol. The summed E-state index contributed by atoms with van der Waals surface area (Å²) in [7, 11) is 0. The van der Waals surface area contributed by atoms with Gasteiger partial charge in [-0.05, 0) is 78.9 Å². The second kappa shape index (κ2) is 8.67. The van der Waals surface area contributed by atoms with Crippen molar-refractivity contribution in [1.82, 2.24) is 0 Å². The van der Waals surface area contributed by atoms with Gasteiger partial charge >= 0.3 is 0 Å². The Morgan fingerprint density at radius 2 is 1.62 bits per heavy atom. The summed E-state index contributed by atoms with van der Waals surface area (Å²) in [5.74, 6) is -0.194. The fourth-order valence-electron chi connectivity index (χ4n) is 2.27. The van der Waals surface area contributed by atoms with E-state index in [1.165, 1.54) is 6.07 Å². The van der Waals surface area contributed by atoms with E-state index in [0.29, 0.717) is 11.3 Å². The predicted octanol–water partition coefficient (Wildman–Crippen LogP) is 4.16. The van der Waals surface area contributed by atoms with Crippen LogP contribution < -0.4 is 11.5 Å². The smallest absolute Gasteiger partial charge is 0.126 e. The molecule has 2 rings (SSSR count). The zero-order valence-corrected chi connectivity index (χ0v) is 14.3. The number of carbonyl (C=O) groups excluding carboxylic acids is 1. The summed E-state index contributed by atoms with van der Waals surface area (Å²) in [5, 5.41) is 0. The molecule has 0 aromatic heterocycles. The first-order valence-electron chi connectivity index (χ1n) is 7.44. The first-order chi connectivity index (χ1) is 11.4. The van der Waals surface area contributed by atoms with E-state index in [9.17, 15) is 4.39 Å². The van der Waals surface area contributed by atoms with E-state index in [4.69, 9.17) is 16.3 Å². The van der Waals surface area contributed by atoms with Crippen LogP contribution in [0, 0.1) is 26.6 Å². The largest absolute Gasteiger partial charge is 0.398 e. The Morgan fingerprint density at radius 1 is 1.04 bits per heavy atom. The third-order valence-corrected chi connectivity index (χ3v) is 3.67. The molecule has 3 nitrogen and oxygen atoms in total. The fourth-order valence-corrected chi connectivity index (χ4v) is 2.27. The maximum Gasteiger partial charge on any atom is 0.126 e. The SMILES string of the molecule is C=O.Cc1cc(/C=C\C=C(/N)c2cc(C)c(N)c(C)c2)ccc1F. The summed E-state index contributed by atoms with van der Waals surface area (Å²) in [6, 6.07) is 8.95. The van der Waals surface area contributed by atoms with Crippen LogP contribution in [0.1, 0.15) is 27.8 Å². The van der Waals surface area contributed by atoms with E-state index < -0.39 is 0 Å². The summed E-state index contributed by atoms with van der Waals surface area (Å²) in [6.07, 6.45) is 5.60. The van der Waals surface area contributed by atoms with Crippen LogP contribution in [0.2, 0.25) is 0 Å². The summed E-state index contributed by atoms with van der Waals surface area (Å²) in [6.45, 7) is 7.68. The maximum atomic E-state index is 13.2. The average Bonchev–Trinajstić information content (AvgIpc) is 2.57. The second-order valence-corrected chi connectivity index (χ2v) is 5.51. The van der Waals surface area contributed by atoms with Gasteiger partial charge < -0.3 is 16.3 Å². The van der Waals surface area contributed by atoms with E-state index in [2.05, 4.69) is 0 Å². The minimum Gasteiger partial charge on any atom is -0.398 e. The number of benzene rings is 2. The summed E-state index contributed by atoms with van der Waals surface area (Å²) in [5.41, 5.74) is 18.1. The molecule has 0 saturated heterocycles. The van der Waals surface area contributed by atoms with Crippen LogP contribution in [0.15, 0.2) is 42.5 Å². The minimum atomic E-state index is -0.194. The normalized spacial score (nSPS) is 11.2. The number of hydrogen-bond donors (Lipinski definition) is 2. The molecular formula is C20H23FN2O. The van der Waals surface area contributed by atoms with Crippen LogP contribution >= 0.6 is 0 Å². The van der Waals surface area contributed by atoms with Gasteiger partial charge in [-0.15, -0.1) is 0 Å². The molecule has 4 N–H and O–H groups in total. The quantitative estimate of drug-likeness (QED) is 0.657. The highest BCUT2D eigenvalue weighted by Gasteiger charge is 2.03. The summed E-state index contributed by atoms with van der Waals surface area (Å²) < 4.78 is 13.2. The lowest BCUT2D eigenvalue weighted by Gasteiger charge is -2.08. The van der Waals surface area contributed by atoms with Crippen molar-refractivity contribution >= 4 is 24.2 Å². The molecule has 0 unspecified atom stereocenters. The molecule has 2 aromatic carbocycles. The molecule has 0 aliphatic heterocycles. The lowest BCUT2D eigenvalue weighted by Crippen LogP contribution is -2.00. The van der Waals surface area contributed by atoms with Crippen LogP contribution in [0.3, 0.4) is 0 Å². The Labute approximate surface area is 142 Å². The van der Waals surface area contributed by atoms with Crippen molar-refractivity contribution in [2.45, 2.75) is 20.8 Å². The number of nitrogen functional groups attached to an aromatic ring is 1. The van der Waals surface area contributed by atoms with Gasteiger partial charge in [-0.25, -0.2) is 4.39 Å². The third kappa shape index (κ3) is 4.81. The van der Waals surface area contributed by atoms with Gasteiger partial charge in [0.05, 0.1) is 0 Å². The van der Waals surface area contributed by atoms with E-state index >= 15 is 0 Å². The van der Waals surface area contributed by atoms with Crippen molar-refractivity contribution < 1.29 is 9.18 Å². The van der Waals surface area contributed by atoms with E-state index in [0.717, 1.165) is 27.9 Å². The molecule has 0 amide bonds. The Balaban J connectivity index is 0.00000139. The Morgan fingerprint density at radius 3 is 2.17 bits per heavy atom. The second-order valence-electron chi connectivity index (χ2n) is 5.51. The van der Waals surface area contributed by atoms with Crippen LogP contribution in [0.4, 0.5) is 10.1 Å². The molecule has 0 bridgehead atoms. The van der Waals surface area contributed by atoms with Crippen molar-refractivity contribution in [1.29, 1.82) is 0 Å². The van der Waals surface area contributed by atoms with Gasteiger partial charge in [-0.3, -0.25) is 0 Å². The summed E-state index contributed by atoms with van der Waals surface area (Å²) >= 11 is 0. The molecule has 0 radical (unpaired) electrons. The number of allylic oxidation sites excluding steroid dienone is 2. The van der Waals surface area contributed by atoms with Crippen molar-refractivity contribution in [2.24, 2.45) is 5.73 Å². The highest BCUT2D eigenvalue weighted by atomic mass is 19.1. The zero-order valence-electron chi connectivity index (χ0n) is 14.3. The van der Waals surface area contributed by atoms with Crippen LogP contribution in [0.25, 0.3) is 11.8 Å². The van der Waals surface area contributed by atoms with E-state index in [-0.39, 0.29) is 5.82 Å². The molecule has 2 aromatic rings. The fraction of sp³-hybridized carbons (Fsp3) is 0.150. The van der Waals surface area contributed by atoms with Gasteiger partial charge in [0.15, 0.2) is 0 Å².